The van der Waals surface area contributed by atoms with Crippen LogP contribution in [0.1, 0.15) is 5.01 Å². The fourth-order valence-corrected chi connectivity index (χ4v) is 1.88. The van der Waals surface area contributed by atoms with Crippen LogP contribution in [0, 0.1) is 10.1 Å². The fraction of sp³-hybridized carbons (Fsp3) is 0. The van der Waals surface area contributed by atoms with Crippen LogP contribution in [0.15, 0.2) is 40.9 Å². The van der Waals surface area contributed by atoms with Gasteiger partial charge >= 0.3 is 0 Å². The smallest absolute Gasteiger partial charge is 0.269 e. The normalized spacial score (nSPS) is 11.3. The third kappa shape index (κ3) is 3.02. The fourth-order valence-electron chi connectivity index (χ4n) is 1.14. The van der Waals surface area contributed by atoms with Gasteiger partial charge in [0.1, 0.15) is 0 Å². The Morgan fingerprint density at radius 1 is 1.44 bits per heavy atom. The zero-order valence-corrected chi connectivity index (χ0v) is 10.5. The molecular weight excluding hydrogens is 276 g/mol. The van der Waals surface area contributed by atoms with Gasteiger partial charge in [-0.3, -0.25) is 15.5 Å². The first kappa shape index (κ1) is 12.5. The van der Waals surface area contributed by atoms with Crippen molar-refractivity contribution in [3.8, 4) is 0 Å². The zero-order valence-electron chi connectivity index (χ0n) is 8.91. The summed E-state index contributed by atoms with van der Waals surface area (Å²) >= 11 is 7.28. The molecule has 0 unspecified atom stereocenters. The summed E-state index contributed by atoms with van der Waals surface area (Å²) in [5.74, 6) is 0. The summed E-state index contributed by atoms with van der Waals surface area (Å²) in [5.41, 5.74) is 3.33. The van der Waals surface area contributed by atoms with E-state index in [4.69, 9.17) is 11.6 Å². The lowest BCUT2D eigenvalue weighted by atomic mass is 10.3. The summed E-state index contributed by atoms with van der Waals surface area (Å²) in [7, 11) is 0. The van der Waals surface area contributed by atoms with E-state index in [1.807, 2.05) is 0 Å². The Bertz CT molecular complexity index is 568. The second kappa shape index (κ2) is 5.56. The number of non-ortho nitro benzene ring substituents is 1. The first-order valence-electron chi connectivity index (χ1n) is 4.80. The lowest BCUT2D eigenvalue weighted by Gasteiger charge is -2.00. The second-order valence-corrected chi connectivity index (χ2v) is 4.41. The van der Waals surface area contributed by atoms with Gasteiger partial charge in [-0.05, 0) is 12.1 Å². The number of nitro groups is 1. The van der Waals surface area contributed by atoms with E-state index in [1.54, 1.807) is 23.7 Å². The van der Waals surface area contributed by atoms with Gasteiger partial charge in [0.25, 0.3) is 5.69 Å². The van der Waals surface area contributed by atoms with Crippen LogP contribution >= 0.6 is 22.9 Å². The van der Waals surface area contributed by atoms with Gasteiger partial charge in [-0.15, -0.1) is 11.3 Å². The predicted molar refractivity (Wildman–Crippen MR) is 71.2 cm³/mol. The molecule has 1 heterocycles. The third-order valence-corrected chi connectivity index (χ3v) is 3.13. The number of halogens is 1. The Balaban J connectivity index is 2.06. The van der Waals surface area contributed by atoms with E-state index in [1.165, 1.54) is 23.5 Å². The van der Waals surface area contributed by atoms with Crippen LogP contribution in [-0.2, 0) is 0 Å². The van der Waals surface area contributed by atoms with Crippen LogP contribution in [0.5, 0.6) is 0 Å². The van der Waals surface area contributed by atoms with Gasteiger partial charge in [0.05, 0.1) is 10.6 Å². The van der Waals surface area contributed by atoms with E-state index in [-0.39, 0.29) is 10.9 Å². The van der Waals surface area contributed by atoms with E-state index in [2.05, 4.69) is 15.5 Å². The summed E-state index contributed by atoms with van der Waals surface area (Å²) in [5, 5.41) is 17.0. The quantitative estimate of drug-likeness (QED) is 0.531. The van der Waals surface area contributed by atoms with Crippen LogP contribution in [-0.4, -0.2) is 15.1 Å². The van der Waals surface area contributed by atoms with Crippen molar-refractivity contribution in [1.29, 1.82) is 0 Å². The van der Waals surface area contributed by atoms with Crippen molar-refractivity contribution in [2.75, 3.05) is 5.43 Å². The molecule has 1 aromatic heterocycles. The number of nitrogens with zero attached hydrogens (tertiary/aromatic N) is 3. The number of benzene rings is 1. The number of nitrogens with one attached hydrogen (secondary N) is 1. The average Bonchev–Trinajstić information content (AvgIpc) is 2.90. The van der Waals surface area contributed by atoms with E-state index in [0.717, 1.165) is 0 Å². The molecule has 0 atom stereocenters. The van der Waals surface area contributed by atoms with Gasteiger partial charge in [0, 0.05) is 23.7 Å². The highest BCUT2D eigenvalue weighted by molar-refractivity contribution is 7.13. The monoisotopic (exact) mass is 282 g/mol. The maximum Gasteiger partial charge on any atom is 0.269 e. The van der Waals surface area contributed by atoms with Crippen LogP contribution in [0.3, 0.4) is 0 Å². The van der Waals surface area contributed by atoms with Gasteiger partial charge in [-0.2, -0.15) is 5.10 Å². The number of aromatic nitrogens is 1. The van der Waals surface area contributed by atoms with E-state index in [9.17, 15) is 10.1 Å². The molecule has 0 radical (unpaired) electrons. The third-order valence-electron chi connectivity index (χ3n) is 1.97. The molecular formula is C10H7ClN4O2S. The minimum absolute atomic E-state index is 0.0237. The molecule has 92 valence electrons. The van der Waals surface area contributed by atoms with Crippen LogP contribution in [0.25, 0.3) is 0 Å². The first-order chi connectivity index (χ1) is 8.66. The minimum atomic E-state index is -0.463. The van der Waals surface area contributed by atoms with Crippen LogP contribution in [0.2, 0.25) is 0 Å². The summed E-state index contributed by atoms with van der Waals surface area (Å²) in [6.07, 6.45) is 1.63. The molecule has 0 aliphatic rings. The molecule has 1 N–H and O–H groups in total. The molecule has 0 saturated carbocycles. The van der Waals surface area contributed by atoms with E-state index < -0.39 is 4.92 Å². The van der Waals surface area contributed by atoms with Crippen molar-refractivity contribution in [2.45, 2.75) is 0 Å². The maximum absolute atomic E-state index is 10.5. The Morgan fingerprint density at radius 3 is 2.72 bits per heavy atom. The molecule has 6 nitrogen and oxygen atoms in total. The number of hydrazone groups is 1. The number of anilines is 1. The molecule has 2 rings (SSSR count). The Labute approximate surface area is 111 Å². The second-order valence-electron chi connectivity index (χ2n) is 3.16. The van der Waals surface area contributed by atoms with Gasteiger partial charge in [-0.25, -0.2) is 4.98 Å². The predicted octanol–water partition coefficient (Wildman–Crippen LogP) is 3.06. The molecule has 0 aliphatic carbocycles. The van der Waals surface area contributed by atoms with Gasteiger partial charge < -0.3 is 0 Å². The lowest BCUT2D eigenvalue weighted by molar-refractivity contribution is -0.384. The molecule has 0 spiro atoms. The molecule has 18 heavy (non-hydrogen) atoms. The highest BCUT2D eigenvalue weighted by atomic mass is 35.5. The summed E-state index contributed by atoms with van der Waals surface area (Å²) < 4.78 is 0. The largest absolute Gasteiger partial charge is 0.277 e. The Kier molecular flexibility index (Phi) is 3.85. The highest BCUT2D eigenvalue weighted by Crippen LogP contribution is 2.16. The summed E-state index contributed by atoms with van der Waals surface area (Å²) in [6.45, 7) is 0. The van der Waals surface area contributed by atoms with Crippen molar-refractivity contribution >= 4 is 39.5 Å². The number of thiazole rings is 1. The minimum Gasteiger partial charge on any atom is -0.277 e. The average molecular weight is 283 g/mol. The number of hydrogen-bond acceptors (Lipinski definition) is 6. The molecule has 0 saturated heterocycles. The van der Waals surface area contributed by atoms with E-state index in [0.29, 0.717) is 10.7 Å². The molecule has 0 fully saturated rings. The molecule has 0 aliphatic heterocycles. The van der Waals surface area contributed by atoms with Crippen molar-refractivity contribution in [3.05, 3.63) is 51.0 Å². The number of hydrogen-bond donors (Lipinski definition) is 1. The van der Waals surface area contributed by atoms with Gasteiger partial charge in [-0.1, -0.05) is 11.6 Å². The zero-order chi connectivity index (χ0) is 13.0. The van der Waals surface area contributed by atoms with Gasteiger partial charge in [0.15, 0.2) is 10.2 Å². The lowest BCUT2D eigenvalue weighted by Crippen LogP contribution is -1.96. The van der Waals surface area contributed by atoms with Crippen molar-refractivity contribution < 1.29 is 4.92 Å². The molecule has 2 aromatic rings. The summed E-state index contributed by atoms with van der Waals surface area (Å²) in [6, 6.07) is 5.87. The molecule has 0 bridgehead atoms. The van der Waals surface area contributed by atoms with Crippen LogP contribution in [0.4, 0.5) is 11.4 Å². The van der Waals surface area contributed by atoms with E-state index >= 15 is 0 Å². The van der Waals surface area contributed by atoms with Gasteiger partial charge in [0.2, 0.25) is 0 Å². The molecule has 1 aromatic carbocycles. The number of rotatable bonds is 4. The Hall–Kier alpha value is -1.99. The Morgan fingerprint density at radius 2 is 2.17 bits per heavy atom. The molecule has 0 amide bonds. The van der Waals surface area contributed by atoms with Crippen molar-refractivity contribution in [1.82, 2.24) is 4.98 Å². The van der Waals surface area contributed by atoms with Crippen LogP contribution < -0.4 is 5.43 Å². The van der Waals surface area contributed by atoms with Crippen molar-refractivity contribution in [2.24, 2.45) is 5.10 Å². The molecule has 8 heteroatoms. The number of nitro benzene ring substituents is 1. The standard InChI is InChI=1S/C10H7ClN4O2S/c11-9(10-12-5-6-18-10)14-13-7-1-3-8(4-2-7)15(16)17/h1-6,13H. The highest BCUT2D eigenvalue weighted by Gasteiger charge is 2.04. The SMILES string of the molecule is O=[N+]([O-])c1ccc(NN=C(Cl)c2nccs2)cc1. The summed E-state index contributed by atoms with van der Waals surface area (Å²) in [4.78, 5) is 14.0. The maximum atomic E-state index is 10.5. The van der Waals surface area contributed by atoms with Crippen molar-refractivity contribution in [3.63, 3.8) is 0 Å². The topological polar surface area (TPSA) is 80.4 Å². The first-order valence-corrected chi connectivity index (χ1v) is 6.06.